The van der Waals surface area contributed by atoms with Crippen LogP contribution in [0.15, 0.2) is 72.8 Å². The van der Waals surface area contributed by atoms with E-state index >= 15 is 0 Å². The first-order valence-electron chi connectivity index (χ1n) is 9.50. The van der Waals surface area contributed by atoms with E-state index in [0.717, 1.165) is 22.3 Å². The SMILES string of the molecule is Cc1cccc(CC(=O)N2CC(=O)Nc3ccc(Cl)cc3C2c2ccccc2)c1. The number of amides is 2. The molecule has 29 heavy (non-hydrogen) atoms. The van der Waals surface area contributed by atoms with Crippen molar-refractivity contribution in [3.8, 4) is 0 Å². The van der Waals surface area contributed by atoms with Crippen LogP contribution in [-0.2, 0) is 16.0 Å². The molecule has 4 rings (SSSR count). The molecule has 0 saturated carbocycles. The Morgan fingerprint density at radius 2 is 1.86 bits per heavy atom. The van der Waals surface area contributed by atoms with E-state index in [2.05, 4.69) is 5.32 Å². The predicted molar refractivity (Wildman–Crippen MR) is 115 cm³/mol. The number of anilines is 1. The van der Waals surface area contributed by atoms with Crippen molar-refractivity contribution in [3.63, 3.8) is 0 Å². The van der Waals surface area contributed by atoms with Gasteiger partial charge in [-0.15, -0.1) is 0 Å². The van der Waals surface area contributed by atoms with Crippen LogP contribution >= 0.6 is 11.6 Å². The average Bonchev–Trinajstić information content (AvgIpc) is 2.84. The minimum absolute atomic E-state index is 0.0174. The molecule has 0 fully saturated rings. The van der Waals surface area contributed by atoms with E-state index in [-0.39, 0.29) is 24.8 Å². The predicted octanol–water partition coefficient (Wildman–Crippen LogP) is 4.76. The van der Waals surface area contributed by atoms with Crippen LogP contribution in [0.3, 0.4) is 0 Å². The molecule has 1 aliphatic heterocycles. The van der Waals surface area contributed by atoms with Gasteiger partial charge < -0.3 is 10.2 Å². The molecule has 0 bridgehead atoms. The van der Waals surface area contributed by atoms with Crippen molar-refractivity contribution < 1.29 is 9.59 Å². The molecule has 1 N–H and O–H groups in total. The second-order valence-electron chi connectivity index (χ2n) is 7.28. The summed E-state index contributed by atoms with van der Waals surface area (Å²) in [5.41, 5.74) is 4.45. The normalized spacial score (nSPS) is 16.0. The Balaban J connectivity index is 1.79. The standard InChI is InChI=1S/C24H21ClN2O2/c1-16-6-5-7-17(12-16)13-23(29)27-15-22(28)26-21-11-10-19(25)14-20(21)24(27)18-8-3-2-4-9-18/h2-12,14,24H,13,15H2,1H3,(H,26,28). The topological polar surface area (TPSA) is 49.4 Å². The number of carbonyl (C=O) groups is 2. The molecule has 1 aliphatic rings. The molecule has 3 aromatic rings. The first kappa shape index (κ1) is 19.2. The van der Waals surface area contributed by atoms with E-state index in [9.17, 15) is 9.59 Å². The van der Waals surface area contributed by atoms with Gasteiger partial charge in [0, 0.05) is 16.3 Å². The smallest absolute Gasteiger partial charge is 0.244 e. The highest BCUT2D eigenvalue weighted by atomic mass is 35.5. The third kappa shape index (κ3) is 4.17. The molecule has 0 radical (unpaired) electrons. The molecule has 4 nitrogen and oxygen atoms in total. The van der Waals surface area contributed by atoms with Gasteiger partial charge in [0.25, 0.3) is 0 Å². The third-order valence-electron chi connectivity index (χ3n) is 5.08. The maximum atomic E-state index is 13.4. The Morgan fingerprint density at radius 3 is 2.62 bits per heavy atom. The number of fused-ring (bicyclic) bond motifs is 1. The molecule has 146 valence electrons. The zero-order valence-electron chi connectivity index (χ0n) is 16.1. The highest BCUT2D eigenvalue weighted by Crippen LogP contribution is 2.37. The summed E-state index contributed by atoms with van der Waals surface area (Å²) in [5.74, 6) is -0.322. The molecule has 0 aliphatic carbocycles. The number of carbonyl (C=O) groups excluding carboxylic acids is 2. The maximum Gasteiger partial charge on any atom is 0.244 e. The number of halogens is 1. The quantitative estimate of drug-likeness (QED) is 0.684. The van der Waals surface area contributed by atoms with Gasteiger partial charge in [0.15, 0.2) is 0 Å². The highest BCUT2D eigenvalue weighted by molar-refractivity contribution is 6.30. The van der Waals surface area contributed by atoms with Crippen LogP contribution in [0.25, 0.3) is 0 Å². The van der Waals surface area contributed by atoms with Gasteiger partial charge in [-0.05, 0) is 36.2 Å². The van der Waals surface area contributed by atoms with Gasteiger partial charge >= 0.3 is 0 Å². The number of rotatable bonds is 3. The number of aryl methyl sites for hydroxylation is 1. The van der Waals surface area contributed by atoms with Crippen LogP contribution in [0.1, 0.15) is 28.3 Å². The zero-order chi connectivity index (χ0) is 20.4. The summed E-state index contributed by atoms with van der Waals surface area (Å²) in [7, 11) is 0. The minimum Gasteiger partial charge on any atom is -0.324 e. The largest absolute Gasteiger partial charge is 0.324 e. The summed E-state index contributed by atoms with van der Waals surface area (Å²) in [5, 5.41) is 3.48. The van der Waals surface area contributed by atoms with Crippen molar-refractivity contribution in [3.05, 3.63) is 100 Å². The Hall–Kier alpha value is -3.11. The van der Waals surface area contributed by atoms with Crippen molar-refractivity contribution in [1.29, 1.82) is 0 Å². The fourth-order valence-electron chi connectivity index (χ4n) is 3.80. The monoisotopic (exact) mass is 404 g/mol. The van der Waals surface area contributed by atoms with Crippen LogP contribution < -0.4 is 5.32 Å². The number of hydrogen-bond acceptors (Lipinski definition) is 2. The number of hydrogen-bond donors (Lipinski definition) is 1. The van der Waals surface area contributed by atoms with Crippen molar-refractivity contribution in [2.24, 2.45) is 0 Å². The number of nitrogens with zero attached hydrogens (tertiary/aromatic N) is 1. The lowest BCUT2D eigenvalue weighted by molar-refractivity contribution is -0.135. The molecule has 0 saturated heterocycles. The Bertz CT molecular complexity index is 1070. The minimum atomic E-state index is -0.402. The summed E-state index contributed by atoms with van der Waals surface area (Å²) >= 11 is 6.28. The number of nitrogens with one attached hydrogen (secondary N) is 1. The highest BCUT2D eigenvalue weighted by Gasteiger charge is 2.33. The van der Waals surface area contributed by atoms with Crippen molar-refractivity contribution in [2.45, 2.75) is 19.4 Å². The second kappa shape index (κ2) is 8.10. The molecule has 1 atom stereocenters. The van der Waals surface area contributed by atoms with Gasteiger partial charge in [0.1, 0.15) is 6.54 Å². The van der Waals surface area contributed by atoms with Crippen molar-refractivity contribution >= 4 is 29.1 Å². The molecular weight excluding hydrogens is 384 g/mol. The van der Waals surface area contributed by atoms with Gasteiger partial charge in [0.05, 0.1) is 12.5 Å². The van der Waals surface area contributed by atoms with Crippen LogP contribution in [0.2, 0.25) is 5.02 Å². The van der Waals surface area contributed by atoms with Crippen LogP contribution in [-0.4, -0.2) is 23.3 Å². The maximum absolute atomic E-state index is 13.4. The van der Waals surface area contributed by atoms with E-state index in [1.807, 2.05) is 67.6 Å². The summed E-state index contributed by atoms with van der Waals surface area (Å²) < 4.78 is 0. The lowest BCUT2D eigenvalue weighted by Gasteiger charge is -2.31. The third-order valence-corrected chi connectivity index (χ3v) is 5.32. The molecule has 1 heterocycles. The first-order chi connectivity index (χ1) is 14.0. The van der Waals surface area contributed by atoms with Gasteiger partial charge in [-0.3, -0.25) is 9.59 Å². The Morgan fingerprint density at radius 1 is 1.07 bits per heavy atom. The molecular formula is C24H21ClN2O2. The second-order valence-corrected chi connectivity index (χ2v) is 7.72. The fourth-order valence-corrected chi connectivity index (χ4v) is 3.98. The lowest BCUT2D eigenvalue weighted by atomic mass is 9.95. The average molecular weight is 405 g/mol. The lowest BCUT2D eigenvalue weighted by Crippen LogP contribution is -2.39. The molecule has 1 unspecified atom stereocenters. The van der Waals surface area contributed by atoms with Crippen LogP contribution in [0.4, 0.5) is 5.69 Å². The van der Waals surface area contributed by atoms with Crippen molar-refractivity contribution in [2.75, 3.05) is 11.9 Å². The van der Waals surface area contributed by atoms with Gasteiger partial charge in [0.2, 0.25) is 11.8 Å². The van der Waals surface area contributed by atoms with Crippen LogP contribution in [0.5, 0.6) is 0 Å². The molecule has 0 spiro atoms. The molecule has 0 aromatic heterocycles. The summed E-state index contributed by atoms with van der Waals surface area (Å²) in [6.07, 6.45) is 0.230. The van der Waals surface area contributed by atoms with Gasteiger partial charge in [-0.25, -0.2) is 0 Å². The van der Waals surface area contributed by atoms with E-state index in [4.69, 9.17) is 11.6 Å². The van der Waals surface area contributed by atoms with Crippen molar-refractivity contribution in [1.82, 2.24) is 4.90 Å². The summed E-state index contributed by atoms with van der Waals surface area (Å²) in [6, 6.07) is 22.6. The Kier molecular flexibility index (Phi) is 5.36. The summed E-state index contributed by atoms with van der Waals surface area (Å²) in [6.45, 7) is 1.98. The summed E-state index contributed by atoms with van der Waals surface area (Å²) in [4.78, 5) is 27.6. The molecule has 2 amide bonds. The van der Waals surface area contributed by atoms with E-state index in [0.29, 0.717) is 10.7 Å². The Labute approximate surface area is 175 Å². The zero-order valence-corrected chi connectivity index (χ0v) is 16.8. The van der Waals surface area contributed by atoms with E-state index in [1.54, 1.807) is 17.0 Å². The molecule has 3 aromatic carbocycles. The van der Waals surface area contributed by atoms with Gasteiger partial charge in [-0.2, -0.15) is 0 Å². The van der Waals surface area contributed by atoms with E-state index in [1.165, 1.54) is 0 Å². The first-order valence-corrected chi connectivity index (χ1v) is 9.88. The molecule has 5 heteroatoms. The van der Waals surface area contributed by atoms with E-state index < -0.39 is 6.04 Å². The van der Waals surface area contributed by atoms with Crippen LogP contribution in [0, 0.1) is 6.92 Å². The fraction of sp³-hybridized carbons (Fsp3) is 0.167. The number of benzene rings is 3. The van der Waals surface area contributed by atoms with Gasteiger partial charge in [-0.1, -0.05) is 71.8 Å².